The minimum Gasteiger partial charge on any atom is -2.00 e. The van der Waals surface area contributed by atoms with E-state index in [9.17, 15) is 0 Å². The summed E-state index contributed by atoms with van der Waals surface area (Å²) in [6.07, 6.45) is 0. The van der Waals surface area contributed by atoms with E-state index in [0.717, 1.165) is 0 Å². The molecule has 0 N–H and O–H groups in total. The second kappa shape index (κ2) is 27.3. The smallest absolute Gasteiger partial charge is 0 e. The van der Waals surface area contributed by atoms with Crippen molar-refractivity contribution in [2.75, 3.05) is 0 Å². The summed E-state index contributed by atoms with van der Waals surface area (Å²) in [4.78, 5) is 0. The topological polar surface area (TPSA) is 57.0 Å². The first-order valence-corrected chi connectivity index (χ1v) is 0. The Balaban J connectivity index is 0. The van der Waals surface area contributed by atoms with Gasteiger partial charge in [-0.3, -0.25) is 0 Å². The van der Waals surface area contributed by atoms with E-state index in [1.165, 1.54) is 0 Å². The fourth-order valence-corrected chi connectivity index (χ4v) is 0. The molecule has 0 aliphatic heterocycles. The summed E-state index contributed by atoms with van der Waals surface area (Å²) in [5.41, 5.74) is 0. The van der Waals surface area contributed by atoms with E-state index in [-0.39, 0.29) is 54.2 Å². The molecule has 0 saturated heterocycles. The van der Waals surface area contributed by atoms with Crippen molar-refractivity contribution in [3.05, 3.63) is 0 Å². The fourth-order valence-electron chi connectivity index (χ4n) is 0. The Kier molecular flexibility index (Phi) is 388. The summed E-state index contributed by atoms with van der Waals surface area (Å²) in [5.74, 6) is 0. The van der Waals surface area contributed by atoms with Crippen molar-refractivity contribution in [1.82, 2.24) is 0 Å². The van der Waals surface area contributed by atoms with Crippen molar-refractivity contribution in [3.63, 3.8) is 0 Å². The Morgan fingerprint density at radius 2 is 0.750 bits per heavy atom. The molecule has 0 amide bonds. The molecule has 0 aliphatic rings. The Hall–Kier alpha value is 1.32. The summed E-state index contributed by atoms with van der Waals surface area (Å²) < 4.78 is 0. The molecule has 4 radical (unpaired) electrons. The standard InChI is InChI=1S/Bi.Mn.2O/q;;2*-2. The van der Waals surface area contributed by atoms with Crippen LogP contribution in [0.15, 0.2) is 0 Å². The van der Waals surface area contributed by atoms with Crippen molar-refractivity contribution in [1.29, 1.82) is 0 Å². The average Bonchev–Trinajstić information content (AvgIpc) is 0. The predicted molar refractivity (Wildman–Crippen MR) is 7.13 cm³/mol. The number of hydrogen-bond acceptors (Lipinski definition) is 0. The quantitative estimate of drug-likeness (QED) is 0.535. The minimum absolute atomic E-state index is 0. The van der Waals surface area contributed by atoms with Crippen LogP contribution in [-0.2, 0) is 28.0 Å². The normalized spacial score (nSPS) is 0. The molecule has 0 saturated carbocycles. The number of rotatable bonds is 0. The molecule has 0 aliphatic carbocycles. The van der Waals surface area contributed by atoms with E-state index in [0.29, 0.717) is 0 Å². The first-order valence-electron chi connectivity index (χ1n) is 0. The zero-order valence-corrected chi connectivity index (χ0v) is 6.30. The van der Waals surface area contributed by atoms with Crippen molar-refractivity contribution < 1.29 is 28.0 Å². The first kappa shape index (κ1) is 56.9. The average molecular weight is 296 g/mol. The van der Waals surface area contributed by atoms with Crippen molar-refractivity contribution in [3.8, 4) is 0 Å². The molecular formula is BiMnO2-4. The third kappa shape index (κ3) is 10.2. The molecule has 0 bridgehead atoms. The van der Waals surface area contributed by atoms with Crippen LogP contribution in [0.5, 0.6) is 0 Å². The fraction of sp³-hybridized carbons (Fsp3) is 0. The predicted octanol–water partition coefficient (Wildman–Crippen LogP) is -0.621. The maximum atomic E-state index is 0. The van der Waals surface area contributed by atoms with Crippen LogP contribution in [0, 0.1) is 0 Å². The zero-order valence-electron chi connectivity index (χ0n) is 1.64. The Morgan fingerprint density at radius 3 is 0.750 bits per heavy atom. The van der Waals surface area contributed by atoms with Gasteiger partial charge in [-0.2, -0.15) is 0 Å². The largest absolute Gasteiger partial charge is 2.00 e. The van der Waals surface area contributed by atoms with E-state index >= 15 is 0 Å². The van der Waals surface area contributed by atoms with Crippen molar-refractivity contribution in [2.24, 2.45) is 0 Å². The first-order chi connectivity index (χ1) is 0. The van der Waals surface area contributed by atoms with Crippen LogP contribution in [0.25, 0.3) is 0 Å². The van der Waals surface area contributed by atoms with Crippen LogP contribution >= 0.6 is 0 Å². The Bertz CT molecular complexity index is 6.00. The van der Waals surface area contributed by atoms with Gasteiger partial charge in [0.05, 0.1) is 0 Å². The van der Waals surface area contributed by atoms with E-state index in [1.54, 1.807) is 0 Å². The molecular weight excluding hydrogens is 296 g/mol. The molecule has 4 heteroatoms. The summed E-state index contributed by atoms with van der Waals surface area (Å²) in [5, 5.41) is 0. The zero-order chi connectivity index (χ0) is 0. The van der Waals surface area contributed by atoms with Crippen LogP contribution in [-0.4, -0.2) is 26.2 Å². The maximum Gasteiger partial charge on any atom is 0 e. The second-order valence-corrected chi connectivity index (χ2v) is 0. The number of hydrogen-bond donors (Lipinski definition) is 0. The Morgan fingerprint density at radius 1 is 0.750 bits per heavy atom. The van der Waals surface area contributed by atoms with Crippen LogP contribution < -0.4 is 0 Å². The van der Waals surface area contributed by atoms with Gasteiger partial charge >= 0.3 is 0 Å². The third-order valence-electron chi connectivity index (χ3n) is 0. The molecule has 4 heavy (non-hydrogen) atoms. The molecule has 0 atom stereocenters. The molecule has 0 heterocycles. The minimum atomic E-state index is 0. The van der Waals surface area contributed by atoms with E-state index in [2.05, 4.69) is 0 Å². The van der Waals surface area contributed by atoms with E-state index in [1.807, 2.05) is 0 Å². The molecule has 0 aromatic rings. The van der Waals surface area contributed by atoms with Gasteiger partial charge in [0.15, 0.2) is 0 Å². The SMILES string of the molecule is [Bi].[Mn].[O-2].[O-2]. The molecule has 2 nitrogen and oxygen atoms in total. The van der Waals surface area contributed by atoms with Gasteiger partial charge in [0, 0.05) is 43.3 Å². The van der Waals surface area contributed by atoms with Gasteiger partial charge < -0.3 is 11.0 Å². The molecule has 0 aromatic heterocycles. The van der Waals surface area contributed by atoms with Crippen molar-refractivity contribution in [2.45, 2.75) is 0 Å². The van der Waals surface area contributed by atoms with Gasteiger partial charge in [-0.05, 0) is 0 Å². The van der Waals surface area contributed by atoms with Crippen molar-refractivity contribution >= 4 is 26.2 Å². The molecule has 0 fully saturated rings. The van der Waals surface area contributed by atoms with E-state index in [4.69, 9.17) is 0 Å². The summed E-state index contributed by atoms with van der Waals surface area (Å²) in [6.45, 7) is 0. The van der Waals surface area contributed by atoms with Gasteiger partial charge in [0.1, 0.15) is 0 Å². The second-order valence-electron chi connectivity index (χ2n) is 0. The van der Waals surface area contributed by atoms with Crippen LogP contribution in [0.2, 0.25) is 0 Å². The molecule has 0 aromatic carbocycles. The molecule has 0 rings (SSSR count). The van der Waals surface area contributed by atoms with Gasteiger partial charge in [0.25, 0.3) is 0 Å². The third-order valence-corrected chi connectivity index (χ3v) is 0. The molecule has 0 unspecified atom stereocenters. The van der Waals surface area contributed by atoms with Crippen LogP contribution in [0.1, 0.15) is 0 Å². The summed E-state index contributed by atoms with van der Waals surface area (Å²) in [7, 11) is 0. The summed E-state index contributed by atoms with van der Waals surface area (Å²) >= 11 is 0. The Labute approximate surface area is 54.2 Å². The maximum absolute atomic E-state index is 0. The molecule has 0 spiro atoms. The van der Waals surface area contributed by atoms with Gasteiger partial charge in [0.2, 0.25) is 0 Å². The van der Waals surface area contributed by atoms with Gasteiger partial charge in [-0.15, -0.1) is 0 Å². The van der Waals surface area contributed by atoms with Crippen LogP contribution in [0.3, 0.4) is 0 Å². The van der Waals surface area contributed by atoms with Gasteiger partial charge in [-0.25, -0.2) is 0 Å². The molecule has 28 valence electrons. The summed E-state index contributed by atoms with van der Waals surface area (Å²) in [6, 6.07) is 0. The van der Waals surface area contributed by atoms with E-state index < -0.39 is 0 Å². The van der Waals surface area contributed by atoms with Crippen LogP contribution in [0.4, 0.5) is 0 Å². The van der Waals surface area contributed by atoms with Gasteiger partial charge in [-0.1, -0.05) is 0 Å². The monoisotopic (exact) mass is 296 g/mol.